The maximum Gasteiger partial charge on any atom is 0.273 e. The zero-order valence-electron chi connectivity index (χ0n) is 14.2. The number of likely N-dealkylation sites (tertiary alicyclic amines) is 1. The molecule has 25 heavy (non-hydrogen) atoms. The number of benzene rings is 1. The topological polar surface area (TPSA) is 79.0 Å². The molecule has 1 saturated heterocycles. The van der Waals surface area contributed by atoms with Gasteiger partial charge in [0, 0.05) is 36.5 Å². The van der Waals surface area contributed by atoms with Crippen molar-refractivity contribution >= 4 is 17.5 Å². The predicted octanol–water partition coefficient (Wildman–Crippen LogP) is 2.68. The van der Waals surface area contributed by atoms with Crippen LogP contribution < -0.4 is 5.56 Å². The minimum absolute atomic E-state index is 0.0786. The summed E-state index contributed by atoms with van der Waals surface area (Å²) in [5.74, 6) is 1.15. The average molecular weight is 361 g/mol. The highest BCUT2D eigenvalue weighted by atomic mass is 35.5. The van der Waals surface area contributed by atoms with Gasteiger partial charge >= 0.3 is 0 Å². The van der Waals surface area contributed by atoms with Gasteiger partial charge in [-0.3, -0.25) is 9.59 Å². The molecule has 1 amide bonds. The van der Waals surface area contributed by atoms with E-state index in [-0.39, 0.29) is 23.6 Å². The van der Waals surface area contributed by atoms with Gasteiger partial charge in [0.15, 0.2) is 5.82 Å². The van der Waals surface area contributed by atoms with E-state index in [1.54, 1.807) is 24.3 Å². The van der Waals surface area contributed by atoms with Crippen LogP contribution in [0.4, 0.5) is 0 Å². The number of carbonyl (C=O) groups is 1. The Morgan fingerprint density at radius 2 is 1.92 bits per heavy atom. The number of amides is 1. The van der Waals surface area contributed by atoms with E-state index in [0.29, 0.717) is 23.2 Å². The van der Waals surface area contributed by atoms with Crippen LogP contribution in [0.5, 0.6) is 0 Å². The molecule has 0 saturated carbocycles. The Morgan fingerprint density at radius 3 is 2.56 bits per heavy atom. The van der Waals surface area contributed by atoms with Gasteiger partial charge in [-0.15, -0.1) is 10.2 Å². The Hall–Kier alpha value is -2.21. The van der Waals surface area contributed by atoms with Crippen molar-refractivity contribution in [1.29, 1.82) is 0 Å². The second kappa shape index (κ2) is 7.78. The summed E-state index contributed by atoms with van der Waals surface area (Å²) in [7, 11) is 0. The highest BCUT2D eigenvalue weighted by Crippen LogP contribution is 2.18. The number of H-pyrrole nitrogens is 1. The predicted molar refractivity (Wildman–Crippen MR) is 96.4 cm³/mol. The summed E-state index contributed by atoms with van der Waals surface area (Å²) in [4.78, 5) is 29.1. The quantitative estimate of drug-likeness (QED) is 0.909. The van der Waals surface area contributed by atoms with Crippen molar-refractivity contribution in [1.82, 2.24) is 20.1 Å². The summed E-state index contributed by atoms with van der Waals surface area (Å²) < 4.78 is 0. The van der Waals surface area contributed by atoms with E-state index in [0.717, 1.165) is 31.5 Å². The number of aryl methyl sites for hydroxylation is 1. The fraction of sp³-hybridized carbons (Fsp3) is 0.444. The molecule has 3 rings (SSSR count). The average Bonchev–Trinajstić information content (AvgIpc) is 2.61. The second-order valence-electron chi connectivity index (χ2n) is 6.52. The number of hydrogen-bond donors (Lipinski definition) is 1. The molecular formula is C18H21ClN4O2. The number of halogens is 1. The van der Waals surface area contributed by atoms with E-state index in [4.69, 9.17) is 11.6 Å². The third kappa shape index (κ3) is 4.45. The monoisotopic (exact) mass is 360 g/mol. The molecule has 2 aromatic rings. The van der Waals surface area contributed by atoms with Crippen LogP contribution in [-0.4, -0.2) is 39.1 Å². The van der Waals surface area contributed by atoms with Gasteiger partial charge in [0.1, 0.15) is 5.69 Å². The Kier molecular flexibility index (Phi) is 5.48. The fourth-order valence-electron chi connectivity index (χ4n) is 2.90. The molecule has 0 unspecified atom stereocenters. The van der Waals surface area contributed by atoms with Crippen molar-refractivity contribution in [3.05, 3.63) is 45.3 Å². The van der Waals surface area contributed by atoms with Crippen LogP contribution in [0.2, 0.25) is 5.02 Å². The minimum atomic E-state index is -0.306. The first-order valence-electron chi connectivity index (χ1n) is 8.52. The van der Waals surface area contributed by atoms with Crippen LogP contribution in [-0.2, 0) is 11.2 Å². The van der Waals surface area contributed by atoms with E-state index in [2.05, 4.69) is 22.1 Å². The Labute approximate surface area is 151 Å². The molecule has 132 valence electrons. The summed E-state index contributed by atoms with van der Waals surface area (Å²) in [6, 6.07) is 6.98. The SMILES string of the molecule is CC1CCN(C(=O)CCc2nnc(-c3ccc(Cl)cc3)[nH]c2=O)CC1. The fourth-order valence-corrected chi connectivity index (χ4v) is 3.03. The van der Waals surface area contributed by atoms with E-state index in [1.165, 1.54) is 0 Å². The molecule has 6 nitrogen and oxygen atoms in total. The van der Waals surface area contributed by atoms with Crippen molar-refractivity contribution in [2.45, 2.75) is 32.6 Å². The van der Waals surface area contributed by atoms with Gasteiger partial charge < -0.3 is 9.88 Å². The van der Waals surface area contributed by atoms with Crippen LogP contribution in [0, 0.1) is 5.92 Å². The molecule has 7 heteroatoms. The number of nitrogens with one attached hydrogen (secondary N) is 1. The standard InChI is InChI=1S/C18H21ClN4O2/c1-12-8-10-23(11-9-12)16(24)7-6-15-18(25)20-17(22-21-15)13-2-4-14(19)5-3-13/h2-5,12H,6-11H2,1H3,(H,20,22,25). The number of carbonyl (C=O) groups excluding carboxylic acids is 1. The first-order chi connectivity index (χ1) is 12.0. The third-order valence-electron chi connectivity index (χ3n) is 4.59. The third-order valence-corrected chi connectivity index (χ3v) is 4.85. The normalized spacial score (nSPS) is 15.4. The lowest BCUT2D eigenvalue weighted by Gasteiger charge is -2.30. The number of aromatic amines is 1. The minimum Gasteiger partial charge on any atom is -0.343 e. The highest BCUT2D eigenvalue weighted by Gasteiger charge is 2.20. The van der Waals surface area contributed by atoms with Crippen LogP contribution in [0.1, 0.15) is 31.9 Å². The van der Waals surface area contributed by atoms with Crippen LogP contribution in [0.25, 0.3) is 11.4 Å². The first kappa shape index (κ1) is 17.6. The maximum atomic E-state index is 12.3. The second-order valence-corrected chi connectivity index (χ2v) is 6.96. The summed E-state index contributed by atoms with van der Waals surface area (Å²) in [5.41, 5.74) is 0.718. The first-order valence-corrected chi connectivity index (χ1v) is 8.90. The zero-order valence-corrected chi connectivity index (χ0v) is 14.9. The molecular weight excluding hydrogens is 340 g/mol. The summed E-state index contributed by atoms with van der Waals surface area (Å²) in [5, 5.41) is 8.69. The van der Waals surface area contributed by atoms with Gasteiger partial charge in [0.25, 0.3) is 5.56 Å². The molecule has 1 aromatic carbocycles. The number of nitrogens with zero attached hydrogens (tertiary/aromatic N) is 3. The summed E-state index contributed by atoms with van der Waals surface area (Å²) in [6.07, 6.45) is 2.67. The van der Waals surface area contributed by atoms with Crippen LogP contribution in [0.3, 0.4) is 0 Å². The number of hydrogen-bond acceptors (Lipinski definition) is 4. The Morgan fingerprint density at radius 1 is 1.24 bits per heavy atom. The highest BCUT2D eigenvalue weighted by molar-refractivity contribution is 6.30. The lowest BCUT2D eigenvalue weighted by atomic mass is 9.99. The Balaban J connectivity index is 1.62. The molecule has 0 aliphatic carbocycles. The van der Waals surface area contributed by atoms with E-state index < -0.39 is 0 Å². The molecule has 0 radical (unpaired) electrons. The smallest absolute Gasteiger partial charge is 0.273 e. The molecule has 1 fully saturated rings. The van der Waals surface area contributed by atoms with Crippen molar-refractivity contribution in [2.24, 2.45) is 5.92 Å². The summed E-state index contributed by atoms with van der Waals surface area (Å²) >= 11 is 5.85. The molecule has 0 spiro atoms. The van der Waals surface area contributed by atoms with Crippen molar-refractivity contribution in [3.8, 4) is 11.4 Å². The zero-order chi connectivity index (χ0) is 17.8. The van der Waals surface area contributed by atoms with Gasteiger partial charge in [-0.1, -0.05) is 18.5 Å². The van der Waals surface area contributed by atoms with Crippen molar-refractivity contribution < 1.29 is 4.79 Å². The van der Waals surface area contributed by atoms with Gasteiger partial charge in [-0.2, -0.15) is 0 Å². The van der Waals surface area contributed by atoms with E-state index >= 15 is 0 Å². The lowest BCUT2D eigenvalue weighted by Crippen LogP contribution is -2.38. The molecule has 0 bridgehead atoms. The molecule has 0 atom stereocenters. The molecule has 2 heterocycles. The molecule has 1 N–H and O–H groups in total. The van der Waals surface area contributed by atoms with Gasteiger partial charge in [0.2, 0.25) is 5.91 Å². The lowest BCUT2D eigenvalue weighted by molar-refractivity contribution is -0.132. The number of piperidine rings is 1. The largest absolute Gasteiger partial charge is 0.343 e. The van der Waals surface area contributed by atoms with E-state index in [1.807, 2.05) is 4.90 Å². The number of rotatable bonds is 4. The van der Waals surface area contributed by atoms with Gasteiger partial charge in [-0.05, 0) is 43.0 Å². The maximum absolute atomic E-state index is 12.3. The van der Waals surface area contributed by atoms with Crippen LogP contribution >= 0.6 is 11.6 Å². The van der Waals surface area contributed by atoms with Gasteiger partial charge in [0.05, 0.1) is 0 Å². The molecule has 1 aliphatic rings. The molecule has 1 aromatic heterocycles. The van der Waals surface area contributed by atoms with E-state index in [9.17, 15) is 9.59 Å². The van der Waals surface area contributed by atoms with Crippen LogP contribution in [0.15, 0.2) is 29.1 Å². The van der Waals surface area contributed by atoms with Crippen molar-refractivity contribution in [3.63, 3.8) is 0 Å². The number of aromatic nitrogens is 3. The molecule has 1 aliphatic heterocycles. The Bertz CT molecular complexity index is 795. The van der Waals surface area contributed by atoms with Gasteiger partial charge in [-0.25, -0.2) is 0 Å². The van der Waals surface area contributed by atoms with Crippen molar-refractivity contribution in [2.75, 3.05) is 13.1 Å². The summed E-state index contributed by atoms with van der Waals surface area (Å²) in [6.45, 7) is 3.81.